The summed E-state index contributed by atoms with van der Waals surface area (Å²) in [5.41, 5.74) is -0.463. The maximum absolute atomic E-state index is 9.65. The molecule has 146 valence electrons. The van der Waals surface area contributed by atoms with Gasteiger partial charge in [-0.25, -0.2) is 0 Å². The summed E-state index contributed by atoms with van der Waals surface area (Å²) in [7, 11) is 0. The van der Waals surface area contributed by atoms with Gasteiger partial charge in [0, 0.05) is 0 Å². The lowest BCUT2D eigenvalue weighted by Gasteiger charge is -2.16. The Balaban J connectivity index is 3.00. The third-order valence-electron chi connectivity index (χ3n) is 5.14. The average Bonchev–Trinajstić information content (AvgIpc) is 2.52. The first kappa shape index (κ1) is 24.0. The highest BCUT2D eigenvalue weighted by molar-refractivity contribution is 4.64. The van der Waals surface area contributed by atoms with E-state index in [1.807, 2.05) is 13.8 Å². The molecule has 0 aromatic carbocycles. The molecule has 1 heteroatoms. The molecule has 0 saturated carbocycles. The topological polar surface area (TPSA) is 20.2 Å². The van der Waals surface area contributed by atoms with Crippen molar-refractivity contribution in [3.05, 3.63) is 0 Å². The zero-order chi connectivity index (χ0) is 17.9. The lowest BCUT2D eigenvalue weighted by Crippen LogP contribution is -2.17. The van der Waals surface area contributed by atoms with Gasteiger partial charge in [0.05, 0.1) is 5.60 Å². The highest BCUT2D eigenvalue weighted by atomic mass is 16.3. The van der Waals surface area contributed by atoms with Crippen molar-refractivity contribution in [1.29, 1.82) is 0 Å². The molecule has 0 bridgehead atoms. The molecule has 0 aliphatic carbocycles. The Labute approximate surface area is 154 Å². The van der Waals surface area contributed by atoms with Crippen molar-refractivity contribution < 1.29 is 5.11 Å². The van der Waals surface area contributed by atoms with Crippen LogP contribution in [0.1, 0.15) is 143 Å². The van der Waals surface area contributed by atoms with Crippen LogP contribution in [0.15, 0.2) is 0 Å². The summed E-state index contributed by atoms with van der Waals surface area (Å²) in [5.74, 6) is 0. The maximum Gasteiger partial charge on any atom is 0.0591 e. The summed E-state index contributed by atoms with van der Waals surface area (Å²) < 4.78 is 0. The fraction of sp³-hybridized carbons (Fsp3) is 1.00. The van der Waals surface area contributed by atoms with Crippen LogP contribution < -0.4 is 0 Å². The standard InChI is InChI=1S/C23H48O/c1-4-5-6-7-8-9-10-11-12-13-14-15-16-17-18-19-20-21-22-23(2,3)24/h24H,4-22H2,1-3H3. The molecule has 0 spiro atoms. The van der Waals surface area contributed by atoms with Gasteiger partial charge in [-0.1, -0.05) is 122 Å². The Morgan fingerprint density at radius 2 is 0.708 bits per heavy atom. The van der Waals surface area contributed by atoms with E-state index in [1.165, 1.54) is 116 Å². The fourth-order valence-electron chi connectivity index (χ4n) is 3.46. The van der Waals surface area contributed by atoms with Crippen molar-refractivity contribution in [3.63, 3.8) is 0 Å². The molecule has 0 aromatic heterocycles. The molecule has 0 heterocycles. The van der Waals surface area contributed by atoms with Crippen molar-refractivity contribution in [2.24, 2.45) is 0 Å². The van der Waals surface area contributed by atoms with Gasteiger partial charge < -0.3 is 5.11 Å². The fourth-order valence-corrected chi connectivity index (χ4v) is 3.46. The largest absolute Gasteiger partial charge is 0.390 e. The highest BCUT2D eigenvalue weighted by Crippen LogP contribution is 2.16. The van der Waals surface area contributed by atoms with E-state index in [-0.39, 0.29) is 0 Å². The molecule has 0 amide bonds. The summed E-state index contributed by atoms with van der Waals surface area (Å²) >= 11 is 0. The lowest BCUT2D eigenvalue weighted by atomic mass is 9.99. The van der Waals surface area contributed by atoms with Gasteiger partial charge in [-0.15, -0.1) is 0 Å². The van der Waals surface area contributed by atoms with Crippen LogP contribution in [0.25, 0.3) is 0 Å². The van der Waals surface area contributed by atoms with Crippen LogP contribution in [-0.2, 0) is 0 Å². The van der Waals surface area contributed by atoms with Crippen LogP contribution in [0.2, 0.25) is 0 Å². The molecule has 0 aromatic rings. The van der Waals surface area contributed by atoms with Crippen LogP contribution in [0.3, 0.4) is 0 Å². The zero-order valence-corrected chi connectivity index (χ0v) is 17.4. The van der Waals surface area contributed by atoms with E-state index in [2.05, 4.69) is 6.92 Å². The molecule has 0 radical (unpaired) electrons. The predicted molar refractivity (Wildman–Crippen MR) is 110 cm³/mol. The quantitative estimate of drug-likeness (QED) is 0.235. The molecule has 0 aliphatic rings. The van der Waals surface area contributed by atoms with Gasteiger partial charge >= 0.3 is 0 Å². The van der Waals surface area contributed by atoms with Crippen LogP contribution in [0.5, 0.6) is 0 Å². The van der Waals surface area contributed by atoms with Gasteiger partial charge in [0.2, 0.25) is 0 Å². The van der Waals surface area contributed by atoms with Crippen molar-refractivity contribution >= 4 is 0 Å². The molecule has 1 N–H and O–H groups in total. The Morgan fingerprint density at radius 3 is 0.958 bits per heavy atom. The first-order chi connectivity index (χ1) is 11.6. The Bertz CT molecular complexity index is 229. The molecule has 0 atom stereocenters. The second kappa shape index (κ2) is 17.8. The third-order valence-corrected chi connectivity index (χ3v) is 5.14. The zero-order valence-electron chi connectivity index (χ0n) is 17.4. The molecule has 24 heavy (non-hydrogen) atoms. The second-order valence-corrected chi connectivity index (χ2v) is 8.57. The number of hydrogen-bond donors (Lipinski definition) is 1. The van der Waals surface area contributed by atoms with Crippen LogP contribution in [0, 0.1) is 0 Å². The minimum absolute atomic E-state index is 0.463. The Kier molecular flexibility index (Phi) is 17.7. The van der Waals surface area contributed by atoms with E-state index in [9.17, 15) is 5.11 Å². The van der Waals surface area contributed by atoms with E-state index in [4.69, 9.17) is 0 Å². The average molecular weight is 341 g/mol. The van der Waals surface area contributed by atoms with Crippen molar-refractivity contribution in [2.75, 3.05) is 0 Å². The molecule has 0 rings (SSSR count). The maximum atomic E-state index is 9.65. The molecule has 1 nitrogen and oxygen atoms in total. The van der Waals surface area contributed by atoms with Gasteiger partial charge in [0.15, 0.2) is 0 Å². The van der Waals surface area contributed by atoms with E-state index < -0.39 is 5.60 Å². The summed E-state index contributed by atoms with van der Waals surface area (Å²) in [6, 6.07) is 0. The number of aliphatic hydroxyl groups is 1. The van der Waals surface area contributed by atoms with Gasteiger partial charge in [-0.2, -0.15) is 0 Å². The monoisotopic (exact) mass is 340 g/mol. The number of unbranched alkanes of at least 4 members (excludes halogenated alkanes) is 17. The van der Waals surface area contributed by atoms with Gasteiger partial charge in [-0.05, 0) is 20.3 Å². The smallest absolute Gasteiger partial charge is 0.0591 e. The van der Waals surface area contributed by atoms with Gasteiger partial charge in [0.1, 0.15) is 0 Å². The van der Waals surface area contributed by atoms with E-state index >= 15 is 0 Å². The molecule has 0 fully saturated rings. The van der Waals surface area contributed by atoms with E-state index in [0.29, 0.717) is 0 Å². The summed E-state index contributed by atoms with van der Waals surface area (Å²) in [6.07, 6.45) is 26.4. The van der Waals surface area contributed by atoms with Gasteiger partial charge in [-0.3, -0.25) is 0 Å². The van der Waals surface area contributed by atoms with Crippen LogP contribution >= 0.6 is 0 Å². The van der Waals surface area contributed by atoms with Crippen molar-refractivity contribution in [2.45, 2.75) is 148 Å². The predicted octanol–water partition coefficient (Wildman–Crippen LogP) is 8.19. The Morgan fingerprint density at radius 1 is 0.458 bits per heavy atom. The summed E-state index contributed by atoms with van der Waals surface area (Å²) in [5, 5.41) is 9.65. The minimum Gasteiger partial charge on any atom is -0.390 e. The third kappa shape index (κ3) is 22.0. The van der Waals surface area contributed by atoms with E-state index in [1.54, 1.807) is 0 Å². The number of hydrogen-bond acceptors (Lipinski definition) is 1. The van der Waals surface area contributed by atoms with Crippen LogP contribution in [0.4, 0.5) is 0 Å². The SMILES string of the molecule is CCCCCCCCCCCCCCCCCCCCC(C)(C)O. The van der Waals surface area contributed by atoms with E-state index in [0.717, 1.165) is 6.42 Å². The van der Waals surface area contributed by atoms with Crippen LogP contribution in [-0.4, -0.2) is 10.7 Å². The summed E-state index contributed by atoms with van der Waals surface area (Å²) in [4.78, 5) is 0. The first-order valence-corrected chi connectivity index (χ1v) is 11.3. The summed E-state index contributed by atoms with van der Waals surface area (Å²) in [6.45, 7) is 6.13. The van der Waals surface area contributed by atoms with Crippen molar-refractivity contribution in [3.8, 4) is 0 Å². The van der Waals surface area contributed by atoms with Crippen molar-refractivity contribution in [1.82, 2.24) is 0 Å². The minimum atomic E-state index is -0.463. The van der Waals surface area contributed by atoms with Gasteiger partial charge in [0.25, 0.3) is 0 Å². The molecular formula is C23H48O. The first-order valence-electron chi connectivity index (χ1n) is 11.3. The lowest BCUT2D eigenvalue weighted by molar-refractivity contribution is 0.0680. The molecule has 0 saturated heterocycles. The second-order valence-electron chi connectivity index (χ2n) is 8.57. The Hall–Kier alpha value is -0.0400. The molecule has 0 aliphatic heterocycles. The normalized spacial score (nSPS) is 12.0. The number of rotatable bonds is 19. The highest BCUT2D eigenvalue weighted by Gasteiger charge is 2.10. The molecular weight excluding hydrogens is 292 g/mol. The molecule has 0 unspecified atom stereocenters.